The Morgan fingerprint density at radius 2 is 1.67 bits per heavy atom. The number of aromatic nitrogens is 2. The molecule has 0 N–H and O–H groups in total. The number of carbonyl (C=O) groups excluding carboxylic acids is 2. The molecule has 6 nitrogen and oxygen atoms in total. The van der Waals surface area contributed by atoms with Gasteiger partial charge in [-0.25, -0.2) is 14.8 Å². The van der Waals surface area contributed by atoms with Gasteiger partial charge in [0.15, 0.2) is 0 Å². The van der Waals surface area contributed by atoms with Gasteiger partial charge in [0.25, 0.3) is 0 Å². The van der Waals surface area contributed by atoms with Crippen LogP contribution in [0.3, 0.4) is 0 Å². The third-order valence-corrected chi connectivity index (χ3v) is 6.95. The van der Waals surface area contributed by atoms with E-state index in [9.17, 15) is 9.59 Å². The smallest absolute Gasteiger partial charge is 0.337 e. The standard InChI is InChI=1S/C24H22N2O4/c1-23(2)16-12-13-24(23,20-19(16)25-17-6-4-5-7-18(17)26-20)22(28)30-15-10-8-14(9-11-15)21(27)29-3/h4-11,16H,12-13H2,1-3H3. The molecule has 2 aromatic carbocycles. The summed E-state index contributed by atoms with van der Waals surface area (Å²) in [6.07, 6.45) is 1.56. The van der Waals surface area contributed by atoms with Gasteiger partial charge in [-0.15, -0.1) is 0 Å². The third-order valence-electron chi connectivity index (χ3n) is 6.95. The Hall–Kier alpha value is -3.28. The highest BCUT2D eigenvalue weighted by atomic mass is 16.5. The van der Waals surface area contributed by atoms with Crippen LogP contribution in [0.2, 0.25) is 0 Å². The fraction of sp³-hybridized carbons (Fsp3) is 0.333. The number of carbonyl (C=O) groups is 2. The lowest BCUT2D eigenvalue weighted by Crippen LogP contribution is -2.45. The Bertz CT molecular complexity index is 1190. The Morgan fingerprint density at radius 3 is 2.33 bits per heavy atom. The number of fused-ring (bicyclic) bond motifs is 6. The molecule has 1 aromatic heterocycles. The number of hydrogen-bond acceptors (Lipinski definition) is 6. The van der Waals surface area contributed by atoms with Crippen molar-refractivity contribution < 1.29 is 19.1 Å². The Morgan fingerprint density at radius 1 is 1.00 bits per heavy atom. The summed E-state index contributed by atoms with van der Waals surface area (Å²) in [5.41, 5.74) is 2.51. The minimum absolute atomic E-state index is 0.166. The quantitative estimate of drug-likeness (QED) is 0.483. The molecule has 0 aliphatic heterocycles. The fourth-order valence-corrected chi connectivity index (χ4v) is 5.25. The van der Waals surface area contributed by atoms with Crippen molar-refractivity contribution in [1.29, 1.82) is 0 Å². The number of hydrogen-bond donors (Lipinski definition) is 0. The summed E-state index contributed by atoms with van der Waals surface area (Å²) in [5.74, 6) is -0.190. The predicted molar refractivity (Wildman–Crippen MR) is 110 cm³/mol. The highest BCUT2D eigenvalue weighted by molar-refractivity contribution is 5.91. The molecular weight excluding hydrogens is 380 g/mol. The first-order chi connectivity index (χ1) is 14.4. The molecule has 2 unspecified atom stereocenters. The molecule has 1 heterocycles. The van der Waals surface area contributed by atoms with E-state index in [-0.39, 0.29) is 17.3 Å². The van der Waals surface area contributed by atoms with E-state index in [1.54, 1.807) is 24.3 Å². The predicted octanol–water partition coefficient (Wildman–Crippen LogP) is 4.18. The van der Waals surface area contributed by atoms with Gasteiger partial charge in [0, 0.05) is 5.92 Å². The zero-order valence-electron chi connectivity index (χ0n) is 17.1. The minimum atomic E-state index is -0.842. The van der Waals surface area contributed by atoms with Crippen molar-refractivity contribution in [2.45, 2.75) is 38.0 Å². The molecule has 2 aliphatic carbocycles. The summed E-state index contributed by atoms with van der Waals surface area (Å²) in [7, 11) is 1.33. The molecule has 2 aliphatic rings. The molecule has 1 saturated carbocycles. The molecule has 6 heteroatoms. The second-order valence-corrected chi connectivity index (χ2v) is 8.57. The van der Waals surface area contributed by atoms with E-state index < -0.39 is 11.4 Å². The molecule has 0 spiro atoms. The maximum atomic E-state index is 13.6. The second kappa shape index (κ2) is 6.36. The van der Waals surface area contributed by atoms with Crippen molar-refractivity contribution in [2.75, 3.05) is 7.11 Å². The third kappa shape index (κ3) is 2.36. The van der Waals surface area contributed by atoms with Gasteiger partial charge in [0.1, 0.15) is 11.2 Å². The van der Waals surface area contributed by atoms with Crippen LogP contribution in [-0.4, -0.2) is 29.0 Å². The molecule has 0 amide bonds. The van der Waals surface area contributed by atoms with Crippen LogP contribution in [0.1, 0.15) is 54.4 Å². The molecule has 152 valence electrons. The summed E-state index contributed by atoms with van der Waals surface area (Å²) in [6.45, 7) is 4.22. The van der Waals surface area contributed by atoms with Crippen molar-refractivity contribution in [3.8, 4) is 5.75 Å². The number of benzene rings is 2. The van der Waals surface area contributed by atoms with Gasteiger partial charge in [0.2, 0.25) is 0 Å². The first-order valence-corrected chi connectivity index (χ1v) is 10.1. The van der Waals surface area contributed by atoms with E-state index in [1.807, 2.05) is 24.3 Å². The molecular formula is C24H22N2O4. The van der Waals surface area contributed by atoms with Gasteiger partial charge in [-0.3, -0.25) is 4.79 Å². The van der Waals surface area contributed by atoms with Gasteiger partial charge < -0.3 is 9.47 Å². The van der Waals surface area contributed by atoms with Crippen molar-refractivity contribution in [2.24, 2.45) is 5.41 Å². The normalized spacial score (nSPS) is 23.2. The van der Waals surface area contributed by atoms with Crippen molar-refractivity contribution in [1.82, 2.24) is 9.97 Å². The number of rotatable bonds is 3. The van der Waals surface area contributed by atoms with Crippen molar-refractivity contribution in [3.63, 3.8) is 0 Å². The zero-order valence-corrected chi connectivity index (χ0v) is 17.1. The molecule has 0 radical (unpaired) electrons. The van der Waals surface area contributed by atoms with E-state index >= 15 is 0 Å². The van der Waals surface area contributed by atoms with Crippen LogP contribution in [0.5, 0.6) is 5.75 Å². The lowest BCUT2D eigenvalue weighted by Gasteiger charge is -2.35. The molecule has 2 bridgehead atoms. The minimum Gasteiger partial charge on any atom is -0.465 e. The number of esters is 2. The summed E-state index contributed by atoms with van der Waals surface area (Å²) < 4.78 is 10.6. The maximum Gasteiger partial charge on any atom is 0.337 e. The van der Waals surface area contributed by atoms with Crippen LogP contribution >= 0.6 is 0 Å². The van der Waals surface area contributed by atoms with E-state index in [2.05, 4.69) is 13.8 Å². The Labute approximate surface area is 174 Å². The maximum absolute atomic E-state index is 13.6. The highest BCUT2D eigenvalue weighted by Gasteiger charge is 2.69. The van der Waals surface area contributed by atoms with Gasteiger partial charge >= 0.3 is 11.9 Å². The summed E-state index contributed by atoms with van der Waals surface area (Å²) in [5, 5.41) is 0. The molecule has 1 fully saturated rings. The van der Waals surface area contributed by atoms with Crippen LogP contribution in [0, 0.1) is 5.41 Å². The number of ether oxygens (including phenoxy) is 2. The van der Waals surface area contributed by atoms with Crippen LogP contribution in [0.4, 0.5) is 0 Å². The largest absolute Gasteiger partial charge is 0.465 e. The van der Waals surface area contributed by atoms with Gasteiger partial charge in [-0.05, 0) is 54.7 Å². The van der Waals surface area contributed by atoms with Gasteiger partial charge in [-0.1, -0.05) is 26.0 Å². The molecule has 3 aromatic rings. The van der Waals surface area contributed by atoms with E-state index in [1.165, 1.54) is 7.11 Å². The Kier molecular flexibility index (Phi) is 3.97. The summed E-state index contributed by atoms with van der Waals surface area (Å²) in [4.78, 5) is 35.0. The van der Waals surface area contributed by atoms with Crippen molar-refractivity contribution in [3.05, 3.63) is 65.5 Å². The molecule has 0 saturated heterocycles. The molecule has 30 heavy (non-hydrogen) atoms. The fourth-order valence-electron chi connectivity index (χ4n) is 5.25. The second-order valence-electron chi connectivity index (χ2n) is 8.57. The summed E-state index contributed by atoms with van der Waals surface area (Å²) in [6, 6.07) is 14.2. The van der Waals surface area contributed by atoms with Crippen LogP contribution in [0.25, 0.3) is 11.0 Å². The zero-order chi connectivity index (χ0) is 21.1. The van der Waals surface area contributed by atoms with Crippen LogP contribution < -0.4 is 4.74 Å². The lowest BCUT2D eigenvalue weighted by atomic mass is 9.68. The average Bonchev–Trinajstić information content (AvgIpc) is 3.13. The van der Waals surface area contributed by atoms with E-state index in [0.29, 0.717) is 17.7 Å². The van der Waals surface area contributed by atoms with Crippen LogP contribution in [-0.2, 0) is 14.9 Å². The molecule has 5 rings (SSSR count). The number of nitrogens with zero attached hydrogens (tertiary/aromatic N) is 2. The van der Waals surface area contributed by atoms with E-state index in [4.69, 9.17) is 19.4 Å². The Balaban J connectivity index is 1.55. The van der Waals surface area contributed by atoms with Crippen LogP contribution in [0.15, 0.2) is 48.5 Å². The highest BCUT2D eigenvalue weighted by Crippen LogP contribution is 2.67. The van der Waals surface area contributed by atoms with Crippen molar-refractivity contribution >= 4 is 23.0 Å². The van der Waals surface area contributed by atoms with Gasteiger partial charge in [-0.2, -0.15) is 0 Å². The number of para-hydroxylation sites is 2. The first kappa shape index (κ1) is 18.7. The first-order valence-electron chi connectivity index (χ1n) is 10.1. The molecule has 2 atom stereocenters. The summed E-state index contributed by atoms with van der Waals surface area (Å²) >= 11 is 0. The topological polar surface area (TPSA) is 78.4 Å². The SMILES string of the molecule is COC(=O)c1ccc(OC(=O)C23CCC(c4nc5ccccc5nc42)C3(C)C)cc1. The average molecular weight is 402 g/mol. The van der Waals surface area contributed by atoms with E-state index in [0.717, 1.165) is 28.8 Å². The monoisotopic (exact) mass is 402 g/mol. The van der Waals surface area contributed by atoms with Gasteiger partial charge in [0.05, 0.1) is 35.1 Å². The lowest BCUT2D eigenvalue weighted by molar-refractivity contribution is -0.144. The number of methoxy groups -OCH3 is 1.